The third kappa shape index (κ3) is 1.59. The first-order chi connectivity index (χ1) is 4.13. The molecule has 0 saturated heterocycles. The summed E-state index contributed by atoms with van der Waals surface area (Å²) < 4.78 is 0. The zero-order valence-electron chi connectivity index (χ0n) is 4.09. The monoisotopic (exact) mass is 201 g/mol. The molecule has 0 aromatic carbocycles. The molecule has 1 fully saturated rings. The molecular weight excluding hydrogens is 202 g/mol. The molecule has 0 bridgehead atoms. The van der Waals surface area contributed by atoms with Gasteiger partial charge in [-0.05, 0) is 0 Å². The fraction of sp³-hybridized carbons (Fsp3) is 0. The van der Waals surface area contributed by atoms with Crippen LogP contribution >= 0.6 is 46.4 Å². The zero-order chi connectivity index (χ0) is 7.02. The predicted molar refractivity (Wildman–Crippen MR) is 40.7 cm³/mol. The van der Waals surface area contributed by atoms with E-state index in [1.165, 1.54) is 6.42 Å². The van der Waals surface area contributed by atoms with E-state index in [0.717, 1.165) is 0 Å². The third-order valence-corrected chi connectivity index (χ3v) is 2.54. The van der Waals surface area contributed by atoms with Crippen molar-refractivity contribution in [2.24, 2.45) is 0 Å². The third-order valence-electron chi connectivity index (χ3n) is 0.866. The standard InChI is InChI=1S/C5HCl4/c6-2-1-3(7)5(9)4(2)8/h1H. The van der Waals surface area contributed by atoms with Crippen molar-refractivity contribution >= 4 is 46.4 Å². The van der Waals surface area contributed by atoms with Gasteiger partial charge in [-0.2, -0.15) is 0 Å². The normalized spacial score (nSPS) is 28.0. The summed E-state index contributed by atoms with van der Waals surface area (Å²) in [6.45, 7) is 0. The van der Waals surface area contributed by atoms with E-state index in [1.807, 2.05) is 0 Å². The van der Waals surface area contributed by atoms with Gasteiger partial charge in [-0.1, -0.05) is 0 Å². The van der Waals surface area contributed by atoms with Crippen molar-refractivity contribution in [2.45, 2.75) is 0 Å². The predicted octanol–water partition coefficient (Wildman–Crippen LogP) is 3.29. The molecule has 4 heteroatoms. The fourth-order valence-electron chi connectivity index (χ4n) is 0.448. The van der Waals surface area contributed by atoms with Crippen LogP contribution in [-0.2, 0) is 0 Å². The average molecular weight is 203 g/mol. The molecule has 0 nitrogen and oxygen atoms in total. The molecule has 5 radical (unpaired) electrons. The van der Waals surface area contributed by atoms with Crippen LogP contribution in [-0.4, -0.2) is 0 Å². The topological polar surface area (TPSA) is 0 Å². The van der Waals surface area contributed by atoms with Crippen LogP contribution in [0.1, 0.15) is 0 Å². The molecule has 0 aliphatic heterocycles. The second-order valence-electron chi connectivity index (χ2n) is 1.47. The summed E-state index contributed by atoms with van der Waals surface area (Å²) in [6.07, 6.45) is 1.51. The Labute approximate surface area is 74.4 Å². The lowest BCUT2D eigenvalue weighted by Gasteiger charge is -2.03. The molecule has 0 heterocycles. The van der Waals surface area contributed by atoms with Crippen LogP contribution in [0.3, 0.4) is 0 Å². The molecule has 1 saturated carbocycles. The van der Waals surface area contributed by atoms with E-state index in [0.29, 0.717) is 21.5 Å². The molecule has 49 valence electrons. The Morgan fingerprint density at radius 3 is 1.22 bits per heavy atom. The minimum absolute atomic E-state index is 0.323. The van der Waals surface area contributed by atoms with Crippen LogP contribution in [0.2, 0.25) is 0 Å². The summed E-state index contributed by atoms with van der Waals surface area (Å²) in [5.41, 5.74) is 0. The van der Waals surface area contributed by atoms with Gasteiger partial charge in [0.25, 0.3) is 0 Å². The first kappa shape index (κ1) is 8.26. The summed E-state index contributed by atoms with van der Waals surface area (Å²) in [5, 5.41) is 1.44. The van der Waals surface area contributed by atoms with Crippen LogP contribution in [0.4, 0.5) is 0 Å². The average Bonchev–Trinajstić information content (AvgIpc) is 1.98. The Kier molecular flexibility index (Phi) is 2.79. The van der Waals surface area contributed by atoms with Crippen molar-refractivity contribution in [1.29, 1.82) is 0 Å². The molecule has 0 unspecified atom stereocenters. The lowest BCUT2D eigenvalue weighted by Crippen LogP contribution is -1.92. The molecule has 1 aliphatic carbocycles. The summed E-state index contributed by atoms with van der Waals surface area (Å²) in [5.74, 6) is 0. The summed E-state index contributed by atoms with van der Waals surface area (Å²) in [4.78, 5) is 0. The number of halogens is 4. The summed E-state index contributed by atoms with van der Waals surface area (Å²) >= 11 is 22.2. The van der Waals surface area contributed by atoms with Crippen molar-refractivity contribution in [3.05, 3.63) is 27.9 Å². The van der Waals surface area contributed by atoms with Crippen molar-refractivity contribution < 1.29 is 0 Å². The molecule has 0 aromatic heterocycles. The number of hydrogen-bond acceptors (Lipinski definition) is 0. The van der Waals surface area contributed by atoms with Crippen LogP contribution < -0.4 is 0 Å². The minimum Gasteiger partial charge on any atom is -0.115 e. The quantitative estimate of drug-likeness (QED) is 0.566. The minimum atomic E-state index is 0.323. The highest BCUT2D eigenvalue weighted by Crippen LogP contribution is 2.54. The fourth-order valence-corrected chi connectivity index (χ4v) is 1.32. The van der Waals surface area contributed by atoms with E-state index in [4.69, 9.17) is 46.4 Å². The molecular formula is C5HCl4. The summed E-state index contributed by atoms with van der Waals surface area (Å²) in [7, 11) is 0. The second kappa shape index (κ2) is 3.04. The highest BCUT2D eigenvalue weighted by Gasteiger charge is 2.42. The molecule has 1 aliphatic rings. The Balaban J connectivity index is 2.54. The highest BCUT2D eigenvalue weighted by molar-refractivity contribution is 6.54. The maximum absolute atomic E-state index is 5.55. The number of rotatable bonds is 0. The lowest BCUT2D eigenvalue weighted by molar-refractivity contribution is 1.40. The van der Waals surface area contributed by atoms with E-state index >= 15 is 0 Å². The molecule has 1 rings (SSSR count). The zero-order valence-corrected chi connectivity index (χ0v) is 7.11. The highest BCUT2D eigenvalue weighted by atomic mass is 35.5. The van der Waals surface area contributed by atoms with Crippen molar-refractivity contribution in [1.82, 2.24) is 0 Å². The lowest BCUT2D eigenvalue weighted by atomic mass is 10.4. The van der Waals surface area contributed by atoms with Crippen molar-refractivity contribution in [2.75, 3.05) is 0 Å². The maximum atomic E-state index is 5.55. The Bertz CT molecular complexity index is 93.1. The molecule has 0 spiro atoms. The van der Waals surface area contributed by atoms with Gasteiger partial charge in [0.2, 0.25) is 0 Å². The van der Waals surface area contributed by atoms with Gasteiger partial charge in [-0.15, -0.1) is 46.4 Å². The van der Waals surface area contributed by atoms with Gasteiger partial charge in [0.1, 0.15) is 10.8 Å². The first-order valence-corrected chi connectivity index (χ1v) is 3.60. The van der Waals surface area contributed by atoms with E-state index < -0.39 is 0 Å². The van der Waals surface area contributed by atoms with E-state index in [-0.39, 0.29) is 0 Å². The van der Waals surface area contributed by atoms with Crippen LogP contribution in [0.25, 0.3) is 0 Å². The SMILES string of the molecule is Cl[C]1[CH][C](Cl)[C](Cl)[C]1Cl. The molecule has 9 heavy (non-hydrogen) atoms. The van der Waals surface area contributed by atoms with Gasteiger partial charge in [0, 0.05) is 6.42 Å². The van der Waals surface area contributed by atoms with Crippen molar-refractivity contribution in [3.63, 3.8) is 0 Å². The van der Waals surface area contributed by atoms with Gasteiger partial charge < -0.3 is 0 Å². The van der Waals surface area contributed by atoms with Gasteiger partial charge >= 0.3 is 0 Å². The molecule has 0 N–H and O–H groups in total. The maximum Gasteiger partial charge on any atom is 0.111 e. The first-order valence-electron chi connectivity index (χ1n) is 2.08. The summed E-state index contributed by atoms with van der Waals surface area (Å²) in [6, 6.07) is 0. The Morgan fingerprint density at radius 2 is 1.11 bits per heavy atom. The van der Waals surface area contributed by atoms with Crippen LogP contribution in [0.15, 0.2) is 0 Å². The van der Waals surface area contributed by atoms with E-state index in [9.17, 15) is 0 Å². The Morgan fingerprint density at radius 1 is 0.778 bits per heavy atom. The van der Waals surface area contributed by atoms with Gasteiger partial charge in [0.15, 0.2) is 0 Å². The van der Waals surface area contributed by atoms with Gasteiger partial charge in [0.05, 0.1) is 10.8 Å². The smallest absolute Gasteiger partial charge is 0.111 e. The van der Waals surface area contributed by atoms with Crippen molar-refractivity contribution in [3.8, 4) is 0 Å². The number of hydrogen-bond donors (Lipinski definition) is 0. The largest absolute Gasteiger partial charge is 0.115 e. The van der Waals surface area contributed by atoms with Crippen LogP contribution in [0, 0.1) is 27.9 Å². The molecule has 0 aromatic rings. The Hall–Kier alpha value is 1.16. The van der Waals surface area contributed by atoms with E-state index in [2.05, 4.69) is 0 Å². The molecule has 0 amide bonds. The molecule has 0 atom stereocenters. The second-order valence-corrected chi connectivity index (χ2v) is 3.04. The van der Waals surface area contributed by atoms with Gasteiger partial charge in [-0.25, -0.2) is 0 Å². The van der Waals surface area contributed by atoms with Crippen LogP contribution in [0.5, 0.6) is 0 Å². The van der Waals surface area contributed by atoms with Gasteiger partial charge in [-0.3, -0.25) is 0 Å². The van der Waals surface area contributed by atoms with E-state index in [1.54, 1.807) is 0 Å².